The van der Waals surface area contributed by atoms with Gasteiger partial charge in [-0.1, -0.05) is 6.92 Å². The van der Waals surface area contributed by atoms with Gasteiger partial charge in [0.1, 0.15) is 5.54 Å². The Bertz CT molecular complexity index is 303. The Morgan fingerprint density at radius 3 is 2.61 bits per heavy atom. The number of likely N-dealkylation sites (N-methyl/N-ethyl adjacent to an activating group) is 1. The van der Waals surface area contributed by atoms with E-state index in [4.69, 9.17) is 0 Å². The predicted octanol–water partition coefficient (Wildman–Crippen LogP) is 1.05. The Balaban J connectivity index is 1.92. The molecule has 0 radical (unpaired) electrons. The van der Waals surface area contributed by atoms with Crippen molar-refractivity contribution >= 4 is 0 Å². The molecule has 4 nitrogen and oxygen atoms in total. The van der Waals surface area contributed by atoms with Crippen molar-refractivity contribution in [3.8, 4) is 6.07 Å². The van der Waals surface area contributed by atoms with Crippen LogP contribution in [0.25, 0.3) is 0 Å². The molecule has 1 saturated heterocycles. The van der Waals surface area contributed by atoms with Crippen LogP contribution in [0.4, 0.5) is 0 Å². The molecule has 2 fully saturated rings. The van der Waals surface area contributed by atoms with Crippen molar-refractivity contribution in [1.82, 2.24) is 15.1 Å². The number of nitrogens with zero attached hydrogens (tertiary/aromatic N) is 3. The molecule has 2 unspecified atom stereocenters. The standard InChI is InChI=1S/C14H26N4/c1-3-17-7-9-18(10-8-17)13-5-4-6-14(11-13,12-15)16-2/h13,16H,3-11H2,1-2H3. The van der Waals surface area contributed by atoms with Gasteiger partial charge in [-0.05, 0) is 39.3 Å². The van der Waals surface area contributed by atoms with E-state index in [0.29, 0.717) is 6.04 Å². The SMILES string of the molecule is CCN1CCN(C2CCCC(C#N)(NC)C2)CC1. The van der Waals surface area contributed by atoms with E-state index in [0.717, 1.165) is 19.4 Å². The van der Waals surface area contributed by atoms with Crippen molar-refractivity contribution in [1.29, 1.82) is 5.26 Å². The van der Waals surface area contributed by atoms with E-state index < -0.39 is 0 Å². The lowest BCUT2D eigenvalue weighted by Crippen LogP contribution is -2.56. The summed E-state index contributed by atoms with van der Waals surface area (Å²) < 4.78 is 0. The van der Waals surface area contributed by atoms with Crippen LogP contribution in [0, 0.1) is 11.3 Å². The molecule has 2 aliphatic rings. The van der Waals surface area contributed by atoms with Crippen LogP contribution in [0.2, 0.25) is 0 Å². The van der Waals surface area contributed by atoms with Gasteiger partial charge in [0.15, 0.2) is 0 Å². The van der Waals surface area contributed by atoms with Gasteiger partial charge in [-0.25, -0.2) is 0 Å². The van der Waals surface area contributed by atoms with Crippen molar-refractivity contribution in [3.05, 3.63) is 0 Å². The van der Waals surface area contributed by atoms with Gasteiger partial charge in [0.25, 0.3) is 0 Å². The number of hydrogen-bond acceptors (Lipinski definition) is 4. The summed E-state index contributed by atoms with van der Waals surface area (Å²) in [5, 5.41) is 12.7. The van der Waals surface area contributed by atoms with Crippen LogP contribution in [-0.4, -0.2) is 61.2 Å². The highest BCUT2D eigenvalue weighted by atomic mass is 15.3. The molecule has 0 spiro atoms. The molecule has 18 heavy (non-hydrogen) atoms. The molecule has 2 rings (SSSR count). The molecule has 0 aromatic heterocycles. The quantitative estimate of drug-likeness (QED) is 0.813. The molecule has 0 bridgehead atoms. The number of nitrogens with one attached hydrogen (secondary N) is 1. The van der Waals surface area contributed by atoms with Crippen LogP contribution < -0.4 is 5.32 Å². The molecule has 1 heterocycles. The lowest BCUT2D eigenvalue weighted by atomic mass is 9.79. The monoisotopic (exact) mass is 250 g/mol. The summed E-state index contributed by atoms with van der Waals surface area (Å²) in [5.74, 6) is 0. The highest BCUT2D eigenvalue weighted by Gasteiger charge is 2.37. The van der Waals surface area contributed by atoms with E-state index in [1.54, 1.807) is 0 Å². The van der Waals surface area contributed by atoms with Crippen LogP contribution in [0.5, 0.6) is 0 Å². The van der Waals surface area contributed by atoms with E-state index in [-0.39, 0.29) is 5.54 Å². The van der Waals surface area contributed by atoms with Gasteiger partial charge in [-0.15, -0.1) is 0 Å². The predicted molar refractivity (Wildman–Crippen MR) is 73.3 cm³/mol. The summed E-state index contributed by atoms with van der Waals surface area (Å²) in [4.78, 5) is 5.11. The first-order chi connectivity index (χ1) is 8.73. The van der Waals surface area contributed by atoms with Gasteiger partial charge >= 0.3 is 0 Å². The van der Waals surface area contributed by atoms with E-state index >= 15 is 0 Å². The normalized spacial score (nSPS) is 35.3. The topological polar surface area (TPSA) is 42.3 Å². The fourth-order valence-corrected chi connectivity index (χ4v) is 3.39. The molecule has 4 heteroatoms. The minimum atomic E-state index is -0.273. The maximum atomic E-state index is 9.40. The molecule has 1 aliphatic carbocycles. The second kappa shape index (κ2) is 6.01. The molecule has 0 aromatic carbocycles. The molecule has 0 amide bonds. The first kappa shape index (κ1) is 13.8. The van der Waals surface area contributed by atoms with Crippen molar-refractivity contribution in [2.45, 2.75) is 44.2 Å². The fourth-order valence-electron chi connectivity index (χ4n) is 3.39. The Morgan fingerprint density at radius 1 is 1.33 bits per heavy atom. The maximum Gasteiger partial charge on any atom is 0.108 e. The van der Waals surface area contributed by atoms with Gasteiger partial charge in [0.2, 0.25) is 0 Å². The minimum absolute atomic E-state index is 0.273. The van der Waals surface area contributed by atoms with E-state index in [1.807, 2.05) is 7.05 Å². The largest absolute Gasteiger partial charge is 0.302 e. The van der Waals surface area contributed by atoms with Gasteiger partial charge in [0.05, 0.1) is 6.07 Å². The first-order valence-electron chi connectivity index (χ1n) is 7.29. The summed E-state index contributed by atoms with van der Waals surface area (Å²) in [5.41, 5.74) is -0.273. The average molecular weight is 250 g/mol. The Hall–Kier alpha value is -0.630. The Kier molecular flexibility index (Phi) is 4.60. The summed E-state index contributed by atoms with van der Waals surface area (Å²) in [6.45, 7) is 8.11. The Morgan fingerprint density at radius 2 is 2.06 bits per heavy atom. The average Bonchev–Trinajstić information content (AvgIpc) is 2.47. The van der Waals surface area contributed by atoms with Crippen molar-refractivity contribution in [3.63, 3.8) is 0 Å². The van der Waals surface area contributed by atoms with E-state index in [1.165, 1.54) is 39.0 Å². The summed E-state index contributed by atoms with van der Waals surface area (Å²) >= 11 is 0. The highest BCUT2D eigenvalue weighted by molar-refractivity contribution is 5.10. The second-order valence-corrected chi connectivity index (χ2v) is 5.66. The number of rotatable bonds is 3. The van der Waals surface area contributed by atoms with Crippen LogP contribution in [-0.2, 0) is 0 Å². The number of piperazine rings is 1. The van der Waals surface area contributed by atoms with Gasteiger partial charge in [-0.2, -0.15) is 5.26 Å². The number of hydrogen-bond donors (Lipinski definition) is 1. The third-order valence-corrected chi connectivity index (χ3v) is 4.79. The lowest BCUT2D eigenvalue weighted by molar-refractivity contribution is 0.0661. The zero-order chi connectivity index (χ0) is 13.0. The van der Waals surface area contributed by atoms with Crippen molar-refractivity contribution in [2.75, 3.05) is 39.8 Å². The maximum absolute atomic E-state index is 9.40. The summed E-state index contributed by atoms with van der Waals surface area (Å²) in [7, 11) is 1.93. The second-order valence-electron chi connectivity index (χ2n) is 5.66. The molecule has 0 aromatic rings. The zero-order valence-electron chi connectivity index (χ0n) is 11.8. The smallest absolute Gasteiger partial charge is 0.108 e. The fraction of sp³-hybridized carbons (Fsp3) is 0.929. The van der Waals surface area contributed by atoms with Crippen molar-refractivity contribution < 1.29 is 0 Å². The van der Waals surface area contributed by atoms with Gasteiger partial charge in [-0.3, -0.25) is 4.90 Å². The van der Waals surface area contributed by atoms with Crippen LogP contribution >= 0.6 is 0 Å². The highest BCUT2D eigenvalue weighted by Crippen LogP contribution is 2.31. The first-order valence-corrected chi connectivity index (χ1v) is 7.29. The zero-order valence-corrected chi connectivity index (χ0v) is 11.8. The molecular weight excluding hydrogens is 224 g/mol. The number of nitriles is 1. The summed E-state index contributed by atoms with van der Waals surface area (Å²) in [6, 6.07) is 3.11. The van der Waals surface area contributed by atoms with E-state index in [9.17, 15) is 5.26 Å². The molecule has 1 saturated carbocycles. The van der Waals surface area contributed by atoms with Crippen molar-refractivity contribution in [2.24, 2.45) is 0 Å². The summed E-state index contributed by atoms with van der Waals surface area (Å²) in [6.07, 6.45) is 4.43. The molecule has 1 aliphatic heterocycles. The minimum Gasteiger partial charge on any atom is -0.302 e. The molecule has 1 N–H and O–H groups in total. The van der Waals surface area contributed by atoms with Gasteiger partial charge in [0, 0.05) is 32.2 Å². The van der Waals surface area contributed by atoms with Crippen LogP contribution in [0.3, 0.4) is 0 Å². The molecule has 2 atom stereocenters. The molecule has 102 valence electrons. The lowest BCUT2D eigenvalue weighted by Gasteiger charge is -2.44. The Labute approximate surface area is 111 Å². The van der Waals surface area contributed by atoms with Crippen LogP contribution in [0.15, 0.2) is 0 Å². The van der Waals surface area contributed by atoms with E-state index in [2.05, 4.69) is 28.1 Å². The third-order valence-electron chi connectivity index (χ3n) is 4.79. The third kappa shape index (κ3) is 2.85. The van der Waals surface area contributed by atoms with Gasteiger partial charge < -0.3 is 10.2 Å². The van der Waals surface area contributed by atoms with Crippen LogP contribution in [0.1, 0.15) is 32.6 Å². The molecular formula is C14H26N4.